The maximum absolute atomic E-state index is 11.7. The van der Waals surface area contributed by atoms with E-state index in [1.54, 1.807) is 12.1 Å². The maximum Gasteiger partial charge on any atom is 0.303 e. The van der Waals surface area contributed by atoms with Crippen LogP contribution < -0.4 is 4.31 Å². The molecule has 0 aromatic heterocycles. The Balaban J connectivity index is 2.86. The normalized spacial score (nSPS) is 11.2. The third kappa shape index (κ3) is 4.37. The van der Waals surface area contributed by atoms with Gasteiger partial charge in [-0.2, -0.15) is 0 Å². The van der Waals surface area contributed by atoms with Gasteiger partial charge in [0.05, 0.1) is 11.9 Å². The lowest BCUT2D eigenvalue weighted by Crippen LogP contribution is -2.31. The highest BCUT2D eigenvalue weighted by Gasteiger charge is 2.17. The first-order valence-electron chi connectivity index (χ1n) is 5.57. The number of sulfonamides is 1. The van der Waals surface area contributed by atoms with Gasteiger partial charge in [0.25, 0.3) is 0 Å². The van der Waals surface area contributed by atoms with Gasteiger partial charge in [-0.25, -0.2) is 8.42 Å². The maximum atomic E-state index is 11.7. The molecule has 0 heterocycles. The molecule has 1 aromatic rings. The van der Waals surface area contributed by atoms with E-state index in [2.05, 4.69) is 0 Å². The van der Waals surface area contributed by atoms with Gasteiger partial charge in [-0.1, -0.05) is 17.7 Å². The van der Waals surface area contributed by atoms with Crippen molar-refractivity contribution in [2.75, 3.05) is 17.1 Å². The van der Waals surface area contributed by atoms with E-state index in [-0.39, 0.29) is 19.4 Å². The predicted octanol–water partition coefficient (Wildman–Crippen LogP) is 1.63. The first-order valence-corrected chi connectivity index (χ1v) is 7.41. The van der Waals surface area contributed by atoms with Crippen LogP contribution in [0.3, 0.4) is 0 Å². The molecule has 0 atom stereocenters. The Kier molecular flexibility index (Phi) is 4.72. The zero-order chi connectivity index (χ0) is 13.8. The standard InChI is InChI=1S/C12H17NO4S/c1-10-5-7-11(8-6-10)13(18(2,16)17)9-3-4-12(14)15/h5-8H,3-4,9H2,1-2H3,(H,14,15). The number of nitrogens with zero attached hydrogens (tertiary/aromatic N) is 1. The summed E-state index contributed by atoms with van der Waals surface area (Å²) in [6, 6.07) is 7.09. The second kappa shape index (κ2) is 5.86. The summed E-state index contributed by atoms with van der Waals surface area (Å²) in [4.78, 5) is 10.4. The lowest BCUT2D eigenvalue weighted by atomic mass is 10.2. The van der Waals surface area contributed by atoms with Gasteiger partial charge in [-0.3, -0.25) is 9.10 Å². The Hall–Kier alpha value is -1.56. The Morgan fingerprint density at radius 1 is 1.28 bits per heavy atom. The fourth-order valence-electron chi connectivity index (χ4n) is 1.57. The van der Waals surface area contributed by atoms with Crippen molar-refractivity contribution in [2.24, 2.45) is 0 Å². The van der Waals surface area contributed by atoms with Gasteiger partial charge in [-0.05, 0) is 25.5 Å². The molecule has 6 heteroatoms. The van der Waals surface area contributed by atoms with Crippen LogP contribution in [-0.2, 0) is 14.8 Å². The fourth-order valence-corrected chi connectivity index (χ4v) is 2.54. The summed E-state index contributed by atoms with van der Waals surface area (Å²) in [5.74, 6) is -0.924. The van der Waals surface area contributed by atoms with Crippen molar-refractivity contribution in [2.45, 2.75) is 19.8 Å². The van der Waals surface area contributed by atoms with E-state index >= 15 is 0 Å². The highest BCUT2D eigenvalue weighted by molar-refractivity contribution is 7.92. The Morgan fingerprint density at radius 2 is 1.83 bits per heavy atom. The van der Waals surface area contributed by atoms with Gasteiger partial charge in [0.2, 0.25) is 10.0 Å². The third-order valence-corrected chi connectivity index (χ3v) is 3.67. The van der Waals surface area contributed by atoms with Gasteiger partial charge >= 0.3 is 5.97 Å². The first kappa shape index (κ1) is 14.5. The molecular weight excluding hydrogens is 254 g/mol. The van der Waals surface area contributed by atoms with E-state index < -0.39 is 16.0 Å². The minimum atomic E-state index is -3.39. The van der Waals surface area contributed by atoms with Crippen LogP contribution in [0.15, 0.2) is 24.3 Å². The van der Waals surface area contributed by atoms with Crippen LogP contribution in [0, 0.1) is 6.92 Å². The average molecular weight is 271 g/mol. The number of anilines is 1. The molecule has 0 saturated heterocycles. The number of benzene rings is 1. The molecule has 0 amide bonds. The minimum Gasteiger partial charge on any atom is -0.481 e. The van der Waals surface area contributed by atoms with E-state index in [1.807, 2.05) is 19.1 Å². The molecular formula is C12H17NO4S. The van der Waals surface area contributed by atoms with E-state index in [9.17, 15) is 13.2 Å². The van der Waals surface area contributed by atoms with Crippen molar-refractivity contribution >= 4 is 21.7 Å². The summed E-state index contributed by atoms with van der Waals surface area (Å²) < 4.78 is 24.6. The third-order valence-electron chi connectivity index (χ3n) is 2.47. The number of carboxylic acids is 1. The highest BCUT2D eigenvalue weighted by atomic mass is 32.2. The predicted molar refractivity (Wildman–Crippen MR) is 70.2 cm³/mol. The van der Waals surface area contributed by atoms with Crippen LogP contribution in [0.25, 0.3) is 0 Å². The number of rotatable bonds is 6. The molecule has 0 aliphatic heterocycles. The molecule has 0 radical (unpaired) electrons. The SMILES string of the molecule is Cc1ccc(N(CCCC(=O)O)S(C)(=O)=O)cc1. The molecule has 100 valence electrons. The molecule has 0 aliphatic carbocycles. The molecule has 0 spiro atoms. The van der Waals surface area contributed by atoms with E-state index in [0.717, 1.165) is 11.8 Å². The summed E-state index contributed by atoms with van der Waals surface area (Å²) in [5, 5.41) is 8.57. The first-order chi connectivity index (χ1) is 8.30. The van der Waals surface area contributed by atoms with Gasteiger partial charge in [-0.15, -0.1) is 0 Å². The average Bonchev–Trinajstić information content (AvgIpc) is 2.24. The quantitative estimate of drug-likeness (QED) is 0.853. The molecule has 0 unspecified atom stereocenters. The Labute approximate surface area is 107 Å². The van der Waals surface area contributed by atoms with Gasteiger partial charge in [0, 0.05) is 13.0 Å². The van der Waals surface area contributed by atoms with Crippen molar-refractivity contribution in [3.8, 4) is 0 Å². The van der Waals surface area contributed by atoms with E-state index in [0.29, 0.717) is 5.69 Å². The van der Waals surface area contributed by atoms with Gasteiger partial charge in [0.1, 0.15) is 0 Å². The number of carboxylic acid groups (broad SMARTS) is 1. The fraction of sp³-hybridized carbons (Fsp3) is 0.417. The van der Waals surface area contributed by atoms with Crippen LogP contribution in [0.4, 0.5) is 5.69 Å². The van der Waals surface area contributed by atoms with Crippen molar-refractivity contribution in [3.63, 3.8) is 0 Å². The Morgan fingerprint density at radius 3 is 2.28 bits per heavy atom. The monoisotopic (exact) mass is 271 g/mol. The van der Waals surface area contributed by atoms with Crippen LogP contribution in [0.2, 0.25) is 0 Å². The summed E-state index contributed by atoms with van der Waals surface area (Å²) in [7, 11) is -3.39. The topological polar surface area (TPSA) is 74.7 Å². The zero-order valence-electron chi connectivity index (χ0n) is 10.5. The van der Waals surface area contributed by atoms with Crippen LogP contribution >= 0.6 is 0 Å². The van der Waals surface area contributed by atoms with Gasteiger partial charge in [0.15, 0.2) is 0 Å². The Bertz CT molecular complexity index is 507. The molecule has 1 N–H and O–H groups in total. The smallest absolute Gasteiger partial charge is 0.303 e. The lowest BCUT2D eigenvalue weighted by Gasteiger charge is -2.22. The number of aryl methyl sites for hydroxylation is 1. The van der Waals surface area contributed by atoms with Crippen LogP contribution in [0.1, 0.15) is 18.4 Å². The summed E-state index contributed by atoms with van der Waals surface area (Å²) in [6.45, 7) is 2.09. The van der Waals surface area contributed by atoms with Crippen molar-refractivity contribution < 1.29 is 18.3 Å². The van der Waals surface area contributed by atoms with Crippen LogP contribution in [0.5, 0.6) is 0 Å². The molecule has 0 saturated carbocycles. The van der Waals surface area contributed by atoms with Crippen molar-refractivity contribution in [3.05, 3.63) is 29.8 Å². The number of aliphatic carboxylic acids is 1. The highest BCUT2D eigenvalue weighted by Crippen LogP contribution is 2.18. The van der Waals surface area contributed by atoms with Crippen molar-refractivity contribution in [1.29, 1.82) is 0 Å². The molecule has 1 rings (SSSR count). The number of hydrogen-bond acceptors (Lipinski definition) is 3. The summed E-state index contributed by atoms with van der Waals surface area (Å²) >= 11 is 0. The van der Waals surface area contributed by atoms with Crippen LogP contribution in [-0.4, -0.2) is 32.3 Å². The molecule has 0 bridgehead atoms. The molecule has 1 aromatic carbocycles. The van der Waals surface area contributed by atoms with Crippen molar-refractivity contribution in [1.82, 2.24) is 0 Å². The summed E-state index contributed by atoms with van der Waals surface area (Å²) in [5.41, 5.74) is 1.60. The molecule has 5 nitrogen and oxygen atoms in total. The molecule has 0 fully saturated rings. The molecule has 0 aliphatic rings. The molecule has 18 heavy (non-hydrogen) atoms. The van der Waals surface area contributed by atoms with E-state index in [4.69, 9.17) is 5.11 Å². The second-order valence-electron chi connectivity index (χ2n) is 4.17. The summed E-state index contributed by atoms with van der Waals surface area (Å²) in [6.07, 6.45) is 1.36. The number of hydrogen-bond donors (Lipinski definition) is 1. The second-order valence-corrected chi connectivity index (χ2v) is 6.07. The largest absolute Gasteiger partial charge is 0.481 e. The number of carbonyl (C=O) groups is 1. The zero-order valence-corrected chi connectivity index (χ0v) is 11.3. The van der Waals surface area contributed by atoms with E-state index in [1.165, 1.54) is 4.31 Å². The minimum absolute atomic E-state index is 0.0438. The lowest BCUT2D eigenvalue weighted by molar-refractivity contribution is -0.137. The van der Waals surface area contributed by atoms with Gasteiger partial charge < -0.3 is 5.11 Å².